The monoisotopic (exact) mass is 330 g/mol. The molecule has 1 aromatic heterocycles. The SMILES string of the molecule is CCc1nn(C)c(CNCC(=O)N(CC)CC)c1Br. The van der Waals surface area contributed by atoms with Gasteiger partial charge in [-0.3, -0.25) is 9.48 Å². The third-order valence-corrected chi connectivity index (χ3v) is 4.10. The average Bonchev–Trinajstić information content (AvgIpc) is 2.67. The molecule has 0 radical (unpaired) electrons. The fraction of sp³-hybridized carbons (Fsp3) is 0.692. The second-order valence-electron chi connectivity index (χ2n) is 4.35. The van der Waals surface area contributed by atoms with Gasteiger partial charge in [-0.2, -0.15) is 5.10 Å². The van der Waals surface area contributed by atoms with E-state index in [2.05, 4.69) is 33.3 Å². The van der Waals surface area contributed by atoms with Crippen molar-refractivity contribution < 1.29 is 4.79 Å². The first-order valence-electron chi connectivity index (χ1n) is 6.73. The van der Waals surface area contributed by atoms with Crippen LogP contribution in [0.15, 0.2) is 4.47 Å². The quantitative estimate of drug-likeness (QED) is 0.827. The maximum absolute atomic E-state index is 11.9. The molecule has 0 aliphatic rings. The van der Waals surface area contributed by atoms with Gasteiger partial charge in [0.1, 0.15) is 0 Å². The lowest BCUT2D eigenvalue weighted by Crippen LogP contribution is -2.37. The Bertz CT molecular complexity index is 427. The molecule has 19 heavy (non-hydrogen) atoms. The second kappa shape index (κ2) is 7.65. The molecule has 1 heterocycles. The summed E-state index contributed by atoms with van der Waals surface area (Å²) < 4.78 is 2.90. The molecule has 0 aromatic carbocycles. The maximum atomic E-state index is 11.9. The highest BCUT2D eigenvalue weighted by atomic mass is 79.9. The Morgan fingerprint density at radius 1 is 1.37 bits per heavy atom. The van der Waals surface area contributed by atoms with Gasteiger partial charge in [-0.1, -0.05) is 6.92 Å². The van der Waals surface area contributed by atoms with Gasteiger partial charge in [-0.25, -0.2) is 0 Å². The van der Waals surface area contributed by atoms with Crippen LogP contribution in [-0.4, -0.2) is 40.2 Å². The molecule has 6 heteroatoms. The van der Waals surface area contributed by atoms with E-state index in [0.29, 0.717) is 13.1 Å². The highest BCUT2D eigenvalue weighted by Crippen LogP contribution is 2.21. The zero-order chi connectivity index (χ0) is 14.4. The standard InChI is InChI=1S/C13H23BrN4O/c1-5-10-13(14)11(17(4)16-10)8-15-9-12(19)18(6-2)7-3/h15H,5-9H2,1-4H3. The van der Waals surface area contributed by atoms with Crippen molar-refractivity contribution in [3.05, 3.63) is 15.9 Å². The predicted molar refractivity (Wildman–Crippen MR) is 79.9 cm³/mol. The Morgan fingerprint density at radius 3 is 2.47 bits per heavy atom. The van der Waals surface area contributed by atoms with E-state index in [-0.39, 0.29) is 5.91 Å². The van der Waals surface area contributed by atoms with Gasteiger partial charge < -0.3 is 10.2 Å². The van der Waals surface area contributed by atoms with E-state index in [1.807, 2.05) is 30.5 Å². The molecule has 0 fully saturated rings. The summed E-state index contributed by atoms with van der Waals surface area (Å²) in [6.45, 7) is 8.57. The number of rotatable bonds is 7. The normalized spacial score (nSPS) is 10.8. The molecule has 0 aliphatic carbocycles. The van der Waals surface area contributed by atoms with Crippen LogP contribution in [0, 0.1) is 0 Å². The van der Waals surface area contributed by atoms with Crippen LogP contribution in [0.2, 0.25) is 0 Å². The highest BCUT2D eigenvalue weighted by Gasteiger charge is 2.13. The minimum atomic E-state index is 0.138. The molecule has 1 aromatic rings. The zero-order valence-corrected chi connectivity index (χ0v) is 13.7. The first-order chi connectivity index (χ1) is 9.04. The number of carbonyl (C=O) groups is 1. The summed E-state index contributed by atoms with van der Waals surface area (Å²) in [5.41, 5.74) is 2.12. The van der Waals surface area contributed by atoms with Crippen LogP contribution in [0.1, 0.15) is 32.2 Å². The van der Waals surface area contributed by atoms with Gasteiger partial charge in [-0.15, -0.1) is 0 Å². The molecule has 1 rings (SSSR count). The molecule has 1 amide bonds. The number of carbonyl (C=O) groups excluding carboxylic acids is 1. The number of nitrogens with zero attached hydrogens (tertiary/aromatic N) is 3. The summed E-state index contributed by atoms with van der Waals surface area (Å²) in [6, 6.07) is 0. The van der Waals surface area contributed by atoms with E-state index < -0.39 is 0 Å². The molecule has 0 atom stereocenters. The second-order valence-corrected chi connectivity index (χ2v) is 5.15. The fourth-order valence-corrected chi connectivity index (χ4v) is 2.74. The van der Waals surface area contributed by atoms with E-state index in [9.17, 15) is 4.79 Å². The van der Waals surface area contributed by atoms with Gasteiger partial charge in [0.25, 0.3) is 0 Å². The van der Waals surface area contributed by atoms with Crippen LogP contribution in [0.25, 0.3) is 0 Å². The van der Waals surface area contributed by atoms with Crippen LogP contribution in [0.3, 0.4) is 0 Å². The third kappa shape index (κ3) is 4.04. The van der Waals surface area contributed by atoms with Crippen molar-refractivity contribution in [2.75, 3.05) is 19.6 Å². The Kier molecular flexibility index (Phi) is 6.51. The van der Waals surface area contributed by atoms with Crippen LogP contribution >= 0.6 is 15.9 Å². The van der Waals surface area contributed by atoms with Crippen LogP contribution in [0.4, 0.5) is 0 Å². The van der Waals surface area contributed by atoms with Gasteiger partial charge in [0, 0.05) is 26.7 Å². The lowest BCUT2D eigenvalue weighted by molar-refractivity contribution is -0.129. The van der Waals surface area contributed by atoms with Gasteiger partial charge in [0.05, 0.1) is 22.4 Å². The lowest BCUT2D eigenvalue weighted by atomic mass is 10.3. The number of aryl methyl sites for hydroxylation is 2. The number of halogens is 1. The highest BCUT2D eigenvalue weighted by molar-refractivity contribution is 9.10. The smallest absolute Gasteiger partial charge is 0.236 e. The first kappa shape index (κ1) is 16.2. The topological polar surface area (TPSA) is 50.2 Å². The van der Waals surface area contributed by atoms with Crippen molar-refractivity contribution in [3.63, 3.8) is 0 Å². The van der Waals surface area contributed by atoms with E-state index in [4.69, 9.17) is 0 Å². The molecule has 0 bridgehead atoms. The van der Waals surface area contributed by atoms with Gasteiger partial charge in [0.2, 0.25) is 5.91 Å². The molecule has 5 nitrogen and oxygen atoms in total. The van der Waals surface area contributed by atoms with Crippen molar-refractivity contribution in [3.8, 4) is 0 Å². The van der Waals surface area contributed by atoms with Crippen molar-refractivity contribution >= 4 is 21.8 Å². The van der Waals surface area contributed by atoms with Gasteiger partial charge >= 0.3 is 0 Å². The Morgan fingerprint density at radius 2 is 2.00 bits per heavy atom. The molecule has 1 N–H and O–H groups in total. The summed E-state index contributed by atoms with van der Waals surface area (Å²) in [5.74, 6) is 0.138. The minimum absolute atomic E-state index is 0.138. The van der Waals surface area contributed by atoms with Crippen molar-refractivity contribution in [2.24, 2.45) is 7.05 Å². The summed E-state index contributed by atoms with van der Waals surface area (Å²) in [5, 5.41) is 7.62. The van der Waals surface area contributed by atoms with Crippen molar-refractivity contribution in [1.29, 1.82) is 0 Å². The summed E-state index contributed by atoms with van der Waals surface area (Å²) in [4.78, 5) is 13.7. The molecular weight excluding hydrogens is 308 g/mol. The van der Waals surface area contributed by atoms with Gasteiger partial charge in [-0.05, 0) is 36.2 Å². The number of amides is 1. The number of hydrogen-bond acceptors (Lipinski definition) is 3. The van der Waals surface area contributed by atoms with Crippen molar-refractivity contribution in [2.45, 2.75) is 33.7 Å². The molecule has 0 unspecified atom stereocenters. The van der Waals surface area contributed by atoms with Crippen LogP contribution in [-0.2, 0) is 24.8 Å². The van der Waals surface area contributed by atoms with Gasteiger partial charge in [0.15, 0.2) is 0 Å². The number of nitrogens with one attached hydrogen (secondary N) is 1. The molecule has 108 valence electrons. The Balaban J connectivity index is 2.54. The number of likely N-dealkylation sites (N-methyl/N-ethyl adjacent to an activating group) is 1. The summed E-state index contributed by atoms with van der Waals surface area (Å²) >= 11 is 3.57. The van der Waals surface area contributed by atoms with E-state index in [1.165, 1.54) is 0 Å². The van der Waals surface area contributed by atoms with E-state index >= 15 is 0 Å². The molecule has 0 saturated heterocycles. The van der Waals surface area contributed by atoms with Crippen LogP contribution in [0.5, 0.6) is 0 Å². The molecule has 0 aliphatic heterocycles. The Labute approximate surface area is 123 Å². The number of hydrogen-bond donors (Lipinski definition) is 1. The Hall–Kier alpha value is -0.880. The molecule has 0 spiro atoms. The summed E-state index contributed by atoms with van der Waals surface area (Å²) in [7, 11) is 1.92. The molecule has 0 saturated carbocycles. The maximum Gasteiger partial charge on any atom is 0.236 e. The zero-order valence-electron chi connectivity index (χ0n) is 12.2. The van der Waals surface area contributed by atoms with Crippen molar-refractivity contribution in [1.82, 2.24) is 20.0 Å². The van der Waals surface area contributed by atoms with Crippen LogP contribution < -0.4 is 5.32 Å². The van der Waals surface area contributed by atoms with E-state index in [1.54, 1.807) is 0 Å². The minimum Gasteiger partial charge on any atom is -0.342 e. The number of aromatic nitrogens is 2. The fourth-order valence-electron chi connectivity index (χ4n) is 1.99. The van der Waals surface area contributed by atoms with E-state index in [0.717, 1.165) is 35.4 Å². The largest absolute Gasteiger partial charge is 0.342 e. The summed E-state index contributed by atoms with van der Waals surface area (Å²) in [6.07, 6.45) is 0.896. The molecular formula is C13H23BrN4O. The predicted octanol–water partition coefficient (Wildman–Crippen LogP) is 1.70. The first-order valence-corrected chi connectivity index (χ1v) is 7.53. The average molecular weight is 331 g/mol. The lowest BCUT2D eigenvalue weighted by Gasteiger charge is -2.18. The third-order valence-electron chi connectivity index (χ3n) is 3.19.